The van der Waals surface area contributed by atoms with Crippen molar-refractivity contribution < 1.29 is 14.5 Å². The van der Waals surface area contributed by atoms with Crippen LogP contribution in [0.1, 0.15) is 43.9 Å². The summed E-state index contributed by atoms with van der Waals surface area (Å²) in [6.07, 6.45) is 0.815. The summed E-state index contributed by atoms with van der Waals surface area (Å²) in [6.45, 7) is 8.05. The van der Waals surface area contributed by atoms with Crippen LogP contribution in [0, 0.1) is 17.0 Å². The highest BCUT2D eigenvalue weighted by atomic mass is 32.2. The van der Waals surface area contributed by atoms with Gasteiger partial charge in [0.15, 0.2) is 0 Å². The molecule has 0 aliphatic carbocycles. The Kier molecular flexibility index (Phi) is 9.71. The lowest BCUT2D eigenvalue weighted by Crippen LogP contribution is -2.50. The zero-order chi connectivity index (χ0) is 23.7. The van der Waals surface area contributed by atoms with Gasteiger partial charge in [-0.15, -0.1) is 11.8 Å². The summed E-state index contributed by atoms with van der Waals surface area (Å²) in [5.74, 6) is 0.477. The van der Waals surface area contributed by atoms with Crippen LogP contribution in [0.2, 0.25) is 0 Å². The van der Waals surface area contributed by atoms with E-state index in [4.69, 9.17) is 0 Å². The summed E-state index contributed by atoms with van der Waals surface area (Å²) in [6, 6.07) is 13.7. The highest BCUT2D eigenvalue weighted by Gasteiger charge is 2.26. The number of benzene rings is 2. The van der Waals surface area contributed by atoms with Crippen molar-refractivity contribution in [1.82, 2.24) is 10.2 Å². The smallest absolute Gasteiger partial charge is 0.269 e. The molecule has 2 aromatic rings. The molecule has 0 aromatic heterocycles. The molecule has 0 unspecified atom stereocenters. The Bertz CT molecular complexity index is 933. The largest absolute Gasteiger partial charge is 0.352 e. The first-order valence-corrected chi connectivity index (χ1v) is 11.8. The Labute approximate surface area is 193 Å². The molecule has 0 aliphatic heterocycles. The second kappa shape index (κ2) is 12.2. The summed E-state index contributed by atoms with van der Waals surface area (Å²) < 4.78 is 0. The average molecular weight is 458 g/mol. The second-order valence-corrected chi connectivity index (χ2v) is 8.91. The van der Waals surface area contributed by atoms with Crippen LogP contribution in [0.5, 0.6) is 0 Å². The Hall–Kier alpha value is -2.87. The van der Waals surface area contributed by atoms with E-state index in [9.17, 15) is 19.7 Å². The highest BCUT2D eigenvalue weighted by molar-refractivity contribution is 7.99. The SMILES string of the molecule is CC[C@@H](C)NC(=O)[C@H](C)N(Cc1cccc(C)c1)C(=O)CSCc1ccc([N+](=O)[O-])cc1. The number of thioether (sulfide) groups is 1. The van der Waals surface area contributed by atoms with Crippen molar-refractivity contribution in [3.8, 4) is 0 Å². The molecule has 0 radical (unpaired) electrons. The van der Waals surface area contributed by atoms with Crippen LogP contribution in [0.25, 0.3) is 0 Å². The molecule has 2 rings (SSSR count). The summed E-state index contributed by atoms with van der Waals surface area (Å²) in [5, 5.41) is 13.7. The normalized spacial score (nSPS) is 12.6. The fourth-order valence-electron chi connectivity index (χ4n) is 3.11. The molecule has 0 saturated carbocycles. The van der Waals surface area contributed by atoms with Crippen molar-refractivity contribution in [3.63, 3.8) is 0 Å². The highest BCUT2D eigenvalue weighted by Crippen LogP contribution is 2.19. The predicted molar refractivity (Wildman–Crippen MR) is 128 cm³/mol. The van der Waals surface area contributed by atoms with Gasteiger partial charge in [-0.1, -0.05) is 48.9 Å². The minimum Gasteiger partial charge on any atom is -0.352 e. The maximum absolute atomic E-state index is 13.1. The third-order valence-corrected chi connectivity index (χ3v) is 6.23. The van der Waals surface area contributed by atoms with E-state index in [-0.39, 0.29) is 29.3 Å². The van der Waals surface area contributed by atoms with E-state index in [1.807, 2.05) is 45.0 Å². The zero-order valence-corrected chi connectivity index (χ0v) is 19.9. The van der Waals surface area contributed by atoms with Crippen LogP contribution in [-0.4, -0.2) is 39.5 Å². The number of aryl methyl sites for hydroxylation is 1. The first-order valence-electron chi connectivity index (χ1n) is 10.7. The van der Waals surface area contributed by atoms with E-state index in [2.05, 4.69) is 5.32 Å². The van der Waals surface area contributed by atoms with Crippen LogP contribution in [0.15, 0.2) is 48.5 Å². The van der Waals surface area contributed by atoms with E-state index >= 15 is 0 Å². The molecule has 7 nitrogen and oxygen atoms in total. The number of nitrogens with one attached hydrogen (secondary N) is 1. The molecule has 8 heteroatoms. The molecule has 0 heterocycles. The standard InChI is InChI=1S/C24H31N3O4S/c1-5-18(3)25-24(29)19(4)26(14-21-8-6-7-17(2)13-21)23(28)16-32-15-20-9-11-22(12-10-20)27(30)31/h6-13,18-19H,5,14-16H2,1-4H3,(H,25,29)/t18-,19+/m1/s1. The van der Waals surface area contributed by atoms with Crippen LogP contribution in [0.3, 0.4) is 0 Å². The number of non-ortho nitro benzene ring substituents is 1. The van der Waals surface area contributed by atoms with Gasteiger partial charge in [0.25, 0.3) is 5.69 Å². The molecule has 0 bridgehead atoms. The molecule has 0 fully saturated rings. The predicted octanol–water partition coefficient (Wildman–Crippen LogP) is 4.47. The number of nitro groups is 1. The zero-order valence-electron chi connectivity index (χ0n) is 19.0. The summed E-state index contributed by atoms with van der Waals surface area (Å²) in [7, 11) is 0. The first kappa shape index (κ1) is 25.4. The Morgan fingerprint density at radius 2 is 1.81 bits per heavy atom. The molecule has 0 spiro atoms. The van der Waals surface area contributed by atoms with Crippen molar-refractivity contribution in [1.29, 1.82) is 0 Å². The maximum Gasteiger partial charge on any atom is 0.269 e. The van der Waals surface area contributed by atoms with Gasteiger partial charge in [-0.05, 0) is 38.3 Å². The average Bonchev–Trinajstić information content (AvgIpc) is 2.77. The van der Waals surface area contributed by atoms with Gasteiger partial charge in [0, 0.05) is 30.5 Å². The molecule has 1 N–H and O–H groups in total. The van der Waals surface area contributed by atoms with E-state index < -0.39 is 11.0 Å². The summed E-state index contributed by atoms with van der Waals surface area (Å²) in [5.41, 5.74) is 3.02. The van der Waals surface area contributed by atoms with Gasteiger partial charge < -0.3 is 10.2 Å². The van der Waals surface area contributed by atoms with Gasteiger partial charge in [-0.3, -0.25) is 19.7 Å². The second-order valence-electron chi connectivity index (χ2n) is 7.92. The van der Waals surface area contributed by atoms with Crippen molar-refractivity contribution in [3.05, 3.63) is 75.3 Å². The fourth-order valence-corrected chi connectivity index (χ4v) is 3.98. The Morgan fingerprint density at radius 1 is 1.12 bits per heavy atom. The minimum atomic E-state index is -0.600. The number of rotatable bonds is 11. The van der Waals surface area contributed by atoms with Crippen molar-refractivity contribution in [2.75, 3.05) is 5.75 Å². The number of nitro benzene ring substituents is 1. The van der Waals surface area contributed by atoms with Crippen LogP contribution in [0.4, 0.5) is 5.69 Å². The van der Waals surface area contributed by atoms with E-state index in [0.717, 1.165) is 23.1 Å². The third kappa shape index (κ3) is 7.67. The summed E-state index contributed by atoms with van der Waals surface area (Å²) >= 11 is 1.43. The van der Waals surface area contributed by atoms with Gasteiger partial charge in [-0.2, -0.15) is 0 Å². The molecule has 2 aromatic carbocycles. The number of carbonyl (C=O) groups excluding carboxylic acids is 2. The van der Waals surface area contributed by atoms with Gasteiger partial charge in [0.05, 0.1) is 10.7 Å². The lowest BCUT2D eigenvalue weighted by Gasteiger charge is -2.29. The number of amides is 2. The van der Waals surface area contributed by atoms with Gasteiger partial charge >= 0.3 is 0 Å². The molecular formula is C24H31N3O4S. The Balaban J connectivity index is 2.06. The third-order valence-electron chi connectivity index (χ3n) is 5.25. The van der Waals surface area contributed by atoms with Gasteiger partial charge in [0.2, 0.25) is 11.8 Å². The first-order chi connectivity index (χ1) is 15.2. The molecule has 0 saturated heterocycles. The lowest BCUT2D eigenvalue weighted by atomic mass is 10.1. The molecule has 32 heavy (non-hydrogen) atoms. The van der Waals surface area contributed by atoms with E-state index in [0.29, 0.717) is 12.3 Å². The number of hydrogen-bond acceptors (Lipinski definition) is 5. The number of nitrogens with zero attached hydrogens (tertiary/aromatic N) is 2. The fraction of sp³-hybridized carbons (Fsp3) is 0.417. The number of carbonyl (C=O) groups is 2. The Morgan fingerprint density at radius 3 is 2.41 bits per heavy atom. The lowest BCUT2D eigenvalue weighted by molar-refractivity contribution is -0.384. The van der Waals surface area contributed by atoms with Crippen molar-refractivity contribution >= 4 is 29.3 Å². The molecule has 172 valence electrons. The molecule has 2 atom stereocenters. The van der Waals surface area contributed by atoms with Crippen molar-refractivity contribution in [2.24, 2.45) is 0 Å². The van der Waals surface area contributed by atoms with Gasteiger partial charge in [-0.25, -0.2) is 0 Å². The van der Waals surface area contributed by atoms with Gasteiger partial charge in [0.1, 0.15) is 6.04 Å². The summed E-state index contributed by atoms with van der Waals surface area (Å²) in [4.78, 5) is 37.8. The molecular weight excluding hydrogens is 426 g/mol. The van der Waals surface area contributed by atoms with E-state index in [1.165, 1.54) is 23.9 Å². The van der Waals surface area contributed by atoms with E-state index in [1.54, 1.807) is 24.0 Å². The number of hydrogen-bond donors (Lipinski definition) is 1. The van der Waals surface area contributed by atoms with Crippen LogP contribution >= 0.6 is 11.8 Å². The molecule has 2 amide bonds. The maximum atomic E-state index is 13.1. The van der Waals surface area contributed by atoms with Crippen LogP contribution < -0.4 is 5.32 Å². The van der Waals surface area contributed by atoms with Crippen LogP contribution in [-0.2, 0) is 21.9 Å². The quantitative estimate of drug-likeness (QED) is 0.397. The minimum absolute atomic E-state index is 0.0392. The van der Waals surface area contributed by atoms with Crippen molar-refractivity contribution in [2.45, 2.75) is 58.5 Å². The monoisotopic (exact) mass is 457 g/mol. The topological polar surface area (TPSA) is 92.6 Å². The molecule has 0 aliphatic rings.